The van der Waals surface area contributed by atoms with Gasteiger partial charge in [0, 0.05) is 11.1 Å². The average Bonchev–Trinajstić information content (AvgIpc) is 2.78. The van der Waals surface area contributed by atoms with Crippen molar-refractivity contribution in [2.45, 2.75) is 26.1 Å². The standard InChI is InChI=1S/C15H15F3N2O4/c1-8-5-10(9(2)21)3-4-11(8)13(22)19-12-6-24-20(14(12)23)7-15(16,17)18/h3-5,12H,6-7H2,1-2H3,(H,19,22). The number of aryl methyl sites for hydroxylation is 1. The average molecular weight is 344 g/mol. The molecule has 0 aromatic heterocycles. The summed E-state index contributed by atoms with van der Waals surface area (Å²) in [5, 5.41) is 2.53. The summed E-state index contributed by atoms with van der Waals surface area (Å²) in [6.45, 7) is 1.10. The monoisotopic (exact) mass is 344 g/mol. The fourth-order valence-electron chi connectivity index (χ4n) is 2.24. The van der Waals surface area contributed by atoms with Crippen LogP contribution in [0.4, 0.5) is 13.2 Å². The molecule has 1 aromatic rings. The highest BCUT2D eigenvalue weighted by Gasteiger charge is 2.41. The number of nitrogens with zero attached hydrogens (tertiary/aromatic N) is 1. The zero-order chi connectivity index (χ0) is 18.1. The van der Waals surface area contributed by atoms with Gasteiger partial charge in [-0.25, -0.2) is 5.06 Å². The number of rotatable bonds is 4. The Labute approximate surface area is 135 Å². The molecule has 1 aromatic carbocycles. The fourth-order valence-corrected chi connectivity index (χ4v) is 2.24. The molecule has 1 aliphatic rings. The molecule has 9 heteroatoms. The normalized spacial score (nSPS) is 18.0. The van der Waals surface area contributed by atoms with Crippen LogP contribution in [-0.2, 0) is 9.63 Å². The van der Waals surface area contributed by atoms with Crippen molar-refractivity contribution in [3.05, 3.63) is 34.9 Å². The Kier molecular flexibility index (Phi) is 4.93. The molecule has 2 amide bonds. The van der Waals surface area contributed by atoms with E-state index in [9.17, 15) is 27.6 Å². The third-order valence-electron chi connectivity index (χ3n) is 3.45. The first-order chi connectivity index (χ1) is 11.1. The van der Waals surface area contributed by atoms with Crippen molar-refractivity contribution >= 4 is 17.6 Å². The fraction of sp³-hybridized carbons (Fsp3) is 0.400. The van der Waals surface area contributed by atoms with Crippen molar-refractivity contribution < 1.29 is 32.4 Å². The third kappa shape index (κ3) is 4.10. The Bertz CT molecular complexity index is 688. The van der Waals surface area contributed by atoms with E-state index in [4.69, 9.17) is 0 Å². The zero-order valence-corrected chi connectivity index (χ0v) is 12.9. The molecule has 24 heavy (non-hydrogen) atoms. The molecule has 1 unspecified atom stereocenters. The van der Waals surface area contributed by atoms with E-state index in [2.05, 4.69) is 10.2 Å². The quantitative estimate of drug-likeness (QED) is 0.843. The molecule has 0 spiro atoms. The molecule has 130 valence electrons. The van der Waals surface area contributed by atoms with Gasteiger partial charge in [-0.05, 0) is 31.5 Å². The second-order valence-corrected chi connectivity index (χ2v) is 5.40. The van der Waals surface area contributed by atoms with Gasteiger partial charge in [0.05, 0.1) is 0 Å². The minimum Gasteiger partial charge on any atom is -0.338 e. The van der Waals surface area contributed by atoms with E-state index < -0.39 is 30.6 Å². The largest absolute Gasteiger partial charge is 0.408 e. The topological polar surface area (TPSA) is 75.7 Å². The summed E-state index contributed by atoms with van der Waals surface area (Å²) in [5.74, 6) is -1.75. The van der Waals surface area contributed by atoms with Crippen LogP contribution in [0.25, 0.3) is 0 Å². The molecule has 1 saturated heterocycles. The van der Waals surface area contributed by atoms with Crippen LogP contribution in [0, 0.1) is 6.92 Å². The summed E-state index contributed by atoms with van der Waals surface area (Å²) in [5.41, 5.74) is 1.17. The van der Waals surface area contributed by atoms with Gasteiger partial charge in [-0.1, -0.05) is 6.07 Å². The molecule has 1 atom stereocenters. The Hall–Kier alpha value is -2.42. The minimum atomic E-state index is -4.59. The van der Waals surface area contributed by atoms with Gasteiger partial charge in [0.15, 0.2) is 5.78 Å². The molecule has 1 aliphatic heterocycles. The molecular weight excluding hydrogens is 329 g/mol. The molecule has 0 aliphatic carbocycles. The van der Waals surface area contributed by atoms with Crippen molar-refractivity contribution in [3.63, 3.8) is 0 Å². The van der Waals surface area contributed by atoms with E-state index in [0.717, 1.165) is 0 Å². The molecule has 1 N–H and O–H groups in total. The number of alkyl halides is 3. The maximum atomic E-state index is 12.3. The lowest BCUT2D eigenvalue weighted by Gasteiger charge is -2.16. The SMILES string of the molecule is CC(=O)c1ccc(C(=O)NC2CON(CC(F)(F)F)C2=O)c(C)c1. The van der Waals surface area contributed by atoms with E-state index in [1.54, 1.807) is 6.92 Å². The number of ketones is 1. The second kappa shape index (κ2) is 6.60. The number of Topliss-reactive ketones (excluding diaryl/α,β-unsaturated/α-hetero) is 1. The lowest BCUT2D eigenvalue weighted by atomic mass is 10.0. The highest BCUT2D eigenvalue weighted by Crippen LogP contribution is 2.20. The molecule has 0 bridgehead atoms. The van der Waals surface area contributed by atoms with Crippen LogP contribution in [-0.4, -0.2) is 48.0 Å². The number of benzene rings is 1. The Morgan fingerprint density at radius 2 is 2.04 bits per heavy atom. The number of carbonyl (C=O) groups is 3. The smallest absolute Gasteiger partial charge is 0.338 e. The number of amides is 2. The zero-order valence-electron chi connectivity index (χ0n) is 12.9. The van der Waals surface area contributed by atoms with Gasteiger partial charge in [-0.2, -0.15) is 13.2 Å². The molecule has 2 rings (SSSR count). The van der Waals surface area contributed by atoms with Crippen LogP contribution in [0.3, 0.4) is 0 Å². The van der Waals surface area contributed by atoms with Crippen LogP contribution in [0.5, 0.6) is 0 Å². The van der Waals surface area contributed by atoms with Crippen LogP contribution in [0.15, 0.2) is 18.2 Å². The van der Waals surface area contributed by atoms with E-state index in [0.29, 0.717) is 11.1 Å². The van der Waals surface area contributed by atoms with E-state index in [-0.39, 0.29) is 23.0 Å². The number of nitrogens with one attached hydrogen (secondary N) is 1. The van der Waals surface area contributed by atoms with Gasteiger partial charge in [-0.3, -0.25) is 19.2 Å². The van der Waals surface area contributed by atoms with Gasteiger partial charge in [0.1, 0.15) is 19.2 Å². The summed E-state index contributed by atoms with van der Waals surface area (Å²) >= 11 is 0. The summed E-state index contributed by atoms with van der Waals surface area (Å²) in [7, 11) is 0. The van der Waals surface area contributed by atoms with Crippen molar-refractivity contribution in [1.29, 1.82) is 0 Å². The number of hydroxylamine groups is 2. The van der Waals surface area contributed by atoms with Gasteiger partial charge in [0.25, 0.3) is 11.8 Å². The maximum Gasteiger partial charge on any atom is 0.408 e. The Balaban J connectivity index is 2.05. The predicted molar refractivity (Wildman–Crippen MR) is 76.2 cm³/mol. The van der Waals surface area contributed by atoms with Crippen LogP contribution in [0.2, 0.25) is 0 Å². The van der Waals surface area contributed by atoms with Gasteiger partial charge in [0.2, 0.25) is 0 Å². The highest BCUT2D eigenvalue weighted by molar-refractivity contribution is 6.00. The first-order valence-electron chi connectivity index (χ1n) is 7.02. The van der Waals surface area contributed by atoms with Crippen molar-refractivity contribution in [2.75, 3.05) is 13.2 Å². The van der Waals surface area contributed by atoms with Crippen LogP contribution < -0.4 is 5.32 Å². The molecular formula is C15H15F3N2O4. The van der Waals surface area contributed by atoms with Gasteiger partial charge >= 0.3 is 6.18 Å². The Morgan fingerprint density at radius 1 is 1.38 bits per heavy atom. The summed E-state index contributed by atoms with van der Waals surface area (Å²) in [6.07, 6.45) is -4.59. The Morgan fingerprint density at radius 3 is 2.58 bits per heavy atom. The summed E-state index contributed by atoms with van der Waals surface area (Å²) in [6, 6.07) is 3.23. The van der Waals surface area contributed by atoms with Gasteiger partial charge in [-0.15, -0.1) is 0 Å². The summed E-state index contributed by atoms with van der Waals surface area (Å²) < 4.78 is 36.9. The molecule has 1 heterocycles. The van der Waals surface area contributed by atoms with E-state index >= 15 is 0 Å². The number of carbonyl (C=O) groups excluding carboxylic acids is 3. The van der Waals surface area contributed by atoms with Crippen LogP contribution >= 0.6 is 0 Å². The van der Waals surface area contributed by atoms with Crippen molar-refractivity contribution in [3.8, 4) is 0 Å². The van der Waals surface area contributed by atoms with Gasteiger partial charge < -0.3 is 5.32 Å². The third-order valence-corrected chi connectivity index (χ3v) is 3.45. The first-order valence-corrected chi connectivity index (χ1v) is 7.02. The maximum absolute atomic E-state index is 12.3. The van der Waals surface area contributed by atoms with Crippen molar-refractivity contribution in [2.24, 2.45) is 0 Å². The van der Waals surface area contributed by atoms with Crippen molar-refractivity contribution in [1.82, 2.24) is 10.4 Å². The molecule has 1 fully saturated rings. The predicted octanol–water partition coefficient (Wildman–Crippen LogP) is 1.63. The lowest BCUT2D eigenvalue weighted by Crippen LogP contribution is -2.44. The summed E-state index contributed by atoms with van der Waals surface area (Å²) in [4.78, 5) is 40.0. The molecule has 0 radical (unpaired) electrons. The second-order valence-electron chi connectivity index (χ2n) is 5.40. The lowest BCUT2D eigenvalue weighted by molar-refractivity contribution is -0.214. The number of hydrogen-bond donors (Lipinski definition) is 1. The molecule has 0 saturated carbocycles. The highest BCUT2D eigenvalue weighted by atomic mass is 19.4. The van der Waals surface area contributed by atoms with E-state index in [1.807, 2.05) is 0 Å². The minimum absolute atomic E-state index is 0.160. The number of halogens is 3. The molecule has 6 nitrogen and oxygen atoms in total. The number of hydrogen-bond acceptors (Lipinski definition) is 4. The van der Waals surface area contributed by atoms with E-state index in [1.165, 1.54) is 25.1 Å². The van der Waals surface area contributed by atoms with Crippen LogP contribution in [0.1, 0.15) is 33.2 Å². The first kappa shape index (κ1) is 17.9.